The molecule has 0 spiro atoms. The molecule has 0 aromatic heterocycles. The number of hydrogen-bond acceptors (Lipinski definition) is 2. The summed E-state index contributed by atoms with van der Waals surface area (Å²) >= 11 is 0. The lowest BCUT2D eigenvalue weighted by Gasteiger charge is -2.39. The van der Waals surface area contributed by atoms with Crippen LogP contribution in [0, 0.1) is 5.92 Å². The van der Waals surface area contributed by atoms with Crippen LogP contribution in [0.15, 0.2) is 4.99 Å². The second-order valence-corrected chi connectivity index (χ2v) is 6.00. The van der Waals surface area contributed by atoms with Gasteiger partial charge in [0.05, 0.1) is 0 Å². The molecule has 1 aliphatic carbocycles. The van der Waals surface area contributed by atoms with Gasteiger partial charge in [-0.3, -0.25) is 9.89 Å². The van der Waals surface area contributed by atoms with Gasteiger partial charge in [0.2, 0.25) is 0 Å². The zero-order valence-corrected chi connectivity index (χ0v) is 12.2. The molecule has 0 bridgehead atoms. The summed E-state index contributed by atoms with van der Waals surface area (Å²) in [6, 6.07) is 0.678. The average Bonchev–Trinajstić information content (AvgIpc) is 2.29. The van der Waals surface area contributed by atoms with Crippen molar-refractivity contribution in [3.05, 3.63) is 0 Å². The van der Waals surface area contributed by atoms with Crippen LogP contribution in [0.3, 0.4) is 0 Å². The van der Waals surface area contributed by atoms with Crippen LogP contribution in [0.5, 0.6) is 0 Å². The summed E-state index contributed by atoms with van der Waals surface area (Å²) in [6.07, 6.45) is 4.00. The van der Waals surface area contributed by atoms with Gasteiger partial charge in [0.15, 0.2) is 5.96 Å². The maximum Gasteiger partial charge on any atom is 0.193 e. The Morgan fingerprint density at radius 1 is 1.22 bits per heavy atom. The smallest absolute Gasteiger partial charge is 0.193 e. The van der Waals surface area contributed by atoms with Crippen molar-refractivity contribution in [1.29, 1.82) is 0 Å². The number of aliphatic imine (C=N–C) groups is 1. The van der Waals surface area contributed by atoms with Crippen molar-refractivity contribution >= 4 is 5.96 Å². The maximum absolute atomic E-state index is 4.43. The molecule has 1 N–H and O–H groups in total. The van der Waals surface area contributed by atoms with Gasteiger partial charge in [-0.25, -0.2) is 0 Å². The molecule has 2 aliphatic rings. The SMILES string of the molecule is CN=C(NC1CCC1)N1CCN(CC(C)C)CC1. The molecule has 4 nitrogen and oxygen atoms in total. The monoisotopic (exact) mass is 252 g/mol. The molecule has 104 valence electrons. The summed E-state index contributed by atoms with van der Waals surface area (Å²) in [5.41, 5.74) is 0. The topological polar surface area (TPSA) is 30.9 Å². The Balaban J connectivity index is 1.76. The van der Waals surface area contributed by atoms with Gasteiger partial charge < -0.3 is 10.2 Å². The zero-order chi connectivity index (χ0) is 13.0. The van der Waals surface area contributed by atoms with Crippen LogP contribution < -0.4 is 5.32 Å². The van der Waals surface area contributed by atoms with E-state index >= 15 is 0 Å². The molecule has 1 heterocycles. The minimum Gasteiger partial charge on any atom is -0.354 e. The Kier molecular flexibility index (Phi) is 4.87. The standard InChI is InChI=1S/C14H28N4/c1-12(2)11-17-7-9-18(10-8-17)14(15-3)16-13-5-4-6-13/h12-13H,4-11H2,1-3H3,(H,15,16). The molecule has 4 heteroatoms. The van der Waals surface area contributed by atoms with Crippen molar-refractivity contribution in [3.63, 3.8) is 0 Å². The fourth-order valence-corrected chi connectivity index (χ4v) is 2.69. The molecule has 0 radical (unpaired) electrons. The van der Waals surface area contributed by atoms with Gasteiger partial charge in [-0.15, -0.1) is 0 Å². The molecule has 0 aromatic carbocycles. The number of guanidine groups is 1. The number of rotatable bonds is 3. The molecule has 18 heavy (non-hydrogen) atoms. The molecular formula is C14H28N4. The molecule has 1 saturated heterocycles. The Morgan fingerprint density at radius 3 is 2.33 bits per heavy atom. The minimum absolute atomic E-state index is 0.678. The van der Waals surface area contributed by atoms with Gasteiger partial charge in [-0.05, 0) is 25.2 Å². The van der Waals surface area contributed by atoms with Crippen LogP contribution in [0.4, 0.5) is 0 Å². The summed E-state index contributed by atoms with van der Waals surface area (Å²) in [5, 5.41) is 3.59. The fourth-order valence-electron chi connectivity index (χ4n) is 2.69. The Morgan fingerprint density at radius 2 is 1.89 bits per heavy atom. The highest BCUT2D eigenvalue weighted by Gasteiger charge is 2.24. The number of nitrogens with one attached hydrogen (secondary N) is 1. The highest BCUT2D eigenvalue weighted by Crippen LogP contribution is 2.18. The lowest BCUT2D eigenvalue weighted by molar-refractivity contribution is 0.162. The third-order valence-corrected chi connectivity index (χ3v) is 3.95. The summed E-state index contributed by atoms with van der Waals surface area (Å²) in [4.78, 5) is 9.41. The molecule has 0 atom stereocenters. The van der Waals surface area contributed by atoms with E-state index in [4.69, 9.17) is 0 Å². The van der Waals surface area contributed by atoms with Crippen LogP contribution in [0.25, 0.3) is 0 Å². The van der Waals surface area contributed by atoms with Gasteiger partial charge >= 0.3 is 0 Å². The van der Waals surface area contributed by atoms with Gasteiger partial charge in [-0.1, -0.05) is 13.8 Å². The van der Waals surface area contributed by atoms with E-state index < -0.39 is 0 Å². The first-order valence-corrected chi connectivity index (χ1v) is 7.39. The predicted molar refractivity (Wildman–Crippen MR) is 77.0 cm³/mol. The maximum atomic E-state index is 4.43. The lowest BCUT2D eigenvalue weighted by Crippen LogP contribution is -2.55. The third kappa shape index (κ3) is 3.61. The second kappa shape index (κ2) is 6.41. The van der Waals surface area contributed by atoms with Crippen LogP contribution >= 0.6 is 0 Å². The quantitative estimate of drug-likeness (QED) is 0.608. The second-order valence-electron chi connectivity index (χ2n) is 6.00. The first kappa shape index (κ1) is 13.7. The normalized spacial score (nSPS) is 23.3. The van der Waals surface area contributed by atoms with E-state index in [1.165, 1.54) is 38.9 Å². The molecular weight excluding hydrogens is 224 g/mol. The number of nitrogens with zero attached hydrogens (tertiary/aromatic N) is 3. The molecule has 1 saturated carbocycles. The van der Waals surface area contributed by atoms with Gasteiger partial charge in [0.1, 0.15) is 0 Å². The van der Waals surface area contributed by atoms with Crippen molar-refractivity contribution < 1.29 is 0 Å². The van der Waals surface area contributed by atoms with Crippen molar-refractivity contribution in [2.75, 3.05) is 39.8 Å². The molecule has 2 fully saturated rings. The van der Waals surface area contributed by atoms with Crippen LogP contribution in [0.2, 0.25) is 0 Å². The largest absolute Gasteiger partial charge is 0.354 e. The minimum atomic E-state index is 0.678. The van der Waals surface area contributed by atoms with E-state index in [1.54, 1.807) is 0 Å². The predicted octanol–water partition coefficient (Wildman–Crippen LogP) is 1.39. The van der Waals surface area contributed by atoms with Crippen LogP contribution in [-0.2, 0) is 0 Å². The number of hydrogen-bond donors (Lipinski definition) is 1. The van der Waals surface area contributed by atoms with E-state index in [9.17, 15) is 0 Å². The average molecular weight is 252 g/mol. The van der Waals surface area contributed by atoms with E-state index in [1.807, 2.05) is 7.05 Å². The summed E-state index contributed by atoms with van der Waals surface area (Å²) in [7, 11) is 1.90. The highest BCUT2D eigenvalue weighted by atomic mass is 15.3. The summed E-state index contributed by atoms with van der Waals surface area (Å²) in [5.74, 6) is 1.88. The van der Waals surface area contributed by atoms with Crippen molar-refractivity contribution in [2.24, 2.45) is 10.9 Å². The third-order valence-electron chi connectivity index (χ3n) is 3.95. The van der Waals surface area contributed by atoms with Gasteiger partial charge in [-0.2, -0.15) is 0 Å². The molecule has 0 amide bonds. The highest BCUT2D eigenvalue weighted by molar-refractivity contribution is 5.80. The van der Waals surface area contributed by atoms with E-state index in [0.717, 1.165) is 25.0 Å². The van der Waals surface area contributed by atoms with Crippen LogP contribution in [0.1, 0.15) is 33.1 Å². The Labute approximate surface area is 111 Å². The van der Waals surface area contributed by atoms with Crippen molar-refractivity contribution in [3.8, 4) is 0 Å². The van der Waals surface area contributed by atoms with E-state index in [0.29, 0.717) is 6.04 Å². The van der Waals surface area contributed by atoms with Crippen molar-refractivity contribution in [2.45, 2.75) is 39.2 Å². The molecule has 0 aromatic rings. The Hall–Kier alpha value is -0.770. The molecule has 2 rings (SSSR count). The number of piperazine rings is 1. The van der Waals surface area contributed by atoms with Crippen molar-refractivity contribution in [1.82, 2.24) is 15.1 Å². The van der Waals surface area contributed by atoms with Crippen LogP contribution in [-0.4, -0.2) is 61.6 Å². The summed E-state index contributed by atoms with van der Waals surface area (Å²) in [6.45, 7) is 10.4. The fraction of sp³-hybridized carbons (Fsp3) is 0.929. The molecule has 0 unspecified atom stereocenters. The Bertz CT molecular complexity index is 276. The van der Waals surface area contributed by atoms with Gasteiger partial charge in [0.25, 0.3) is 0 Å². The molecule has 1 aliphatic heterocycles. The zero-order valence-electron chi connectivity index (χ0n) is 12.2. The first-order chi connectivity index (χ1) is 8.69. The van der Waals surface area contributed by atoms with E-state index in [-0.39, 0.29) is 0 Å². The lowest BCUT2D eigenvalue weighted by atomic mass is 9.93. The van der Waals surface area contributed by atoms with E-state index in [2.05, 4.69) is 34.0 Å². The van der Waals surface area contributed by atoms with Gasteiger partial charge in [0, 0.05) is 45.8 Å². The summed E-state index contributed by atoms with van der Waals surface area (Å²) < 4.78 is 0. The first-order valence-electron chi connectivity index (χ1n) is 7.39.